The van der Waals surface area contributed by atoms with Crippen molar-refractivity contribution in [1.82, 2.24) is 0 Å². The molecular weight excluding hydrogens is 256 g/mol. The molecule has 0 aromatic carbocycles. The third-order valence-electron chi connectivity index (χ3n) is 5.53. The van der Waals surface area contributed by atoms with E-state index >= 15 is 0 Å². The lowest BCUT2D eigenvalue weighted by atomic mass is 9.73. The van der Waals surface area contributed by atoms with Crippen molar-refractivity contribution < 1.29 is 0 Å². The molecule has 20 heavy (non-hydrogen) atoms. The topological polar surface area (TPSA) is 0 Å². The van der Waals surface area contributed by atoms with E-state index in [1.165, 1.54) is 33.9 Å². The fraction of sp³-hybridized carbons (Fsp3) is 0.579. The summed E-state index contributed by atoms with van der Waals surface area (Å²) in [6.45, 7) is 19.0. The van der Waals surface area contributed by atoms with Gasteiger partial charge in [-0.15, -0.1) is 0 Å². The SMILES string of the molecule is CC1=C(C)C(C)(C2=CC(C[Si](C)(C)C)C=C2)C(C)=C1C. The fourth-order valence-corrected chi connectivity index (χ4v) is 5.43. The molecule has 2 aliphatic rings. The van der Waals surface area contributed by atoms with Crippen molar-refractivity contribution in [3.05, 3.63) is 46.1 Å². The van der Waals surface area contributed by atoms with Gasteiger partial charge in [-0.1, -0.05) is 49.0 Å². The molecule has 0 aromatic heterocycles. The van der Waals surface area contributed by atoms with E-state index in [4.69, 9.17) is 0 Å². The first-order chi connectivity index (χ1) is 9.07. The van der Waals surface area contributed by atoms with Gasteiger partial charge in [-0.25, -0.2) is 0 Å². The van der Waals surface area contributed by atoms with Gasteiger partial charge in [0.25, 0.3) is 0 Å². The Morgan fingerprint density at radius 1 is 1.00 bits per heavy atom. The second-order valence-electron chi connectivity index (χ2n) is 8.03. The van der Waals surface area contributed by atoms with Gasteiger partial charge < -0.3 is 0 Å². The third kappa shape index (κ3) is 2.41. The molecule has 0 bridgehead atoms. The van der Waals surface area contributed by atoms with Crippen LogP contribution in [-0.4, -0.2) is 8.07 Å². The maximum absolute atomic E-state index is 2.54. The van der Waals surface area contributed by atoms with Gasteiger partial charge in [0.15, 0.2) is 0 Å². The van der Waals surface area contributed by atoms with Crippen molar-refractivity contribution in [2.45, 2.75) is 60.3 Å². The molecule has 0 saturated heterocycles. The van der Waals surface area contributed by atoms with E-state index in [0.717, 1.165) is 0 Å². The molecule has 0 amide bonds. The molecule has 0 nitrogen and oxygen atoms in total. The molecule has 2 aliphatic carbocycles. The standard InChI is InChI=1S/C19H30Si/c1-13-14(2)16(4)19(5,15(13)3)18-10-9-17(11-18)12-20(6,7)8/h9-11,17H,12H2,1-8H3. The van der Waals surface area contributed by atoms with Crippen LogP contribution in [0.15, 0.2) is 46.1 Å². The van der Waals surface area contributed by atoms with Crippen LogP contribution < -0.4 is 0 Å². The Morgan fingerprint density at radius 3 is 1.95 bits per heavy atom. The highest BCUT2D eigenvalue weighted by Gasteiger charge is 2.39. The zero-order valence-corrected chi connectivity index (χ0v) is 15.5. The van der Waals surface area contributed by atoms with Crippen LogP contribution in [0.4, 0.5) is 0 Å². The summed E-state index contributed by atoms with van der Waals surface area (Å²) in [5.41, 5.74) is 7.72. The van der Waals surface area contributed by atoms with Gasteiger partial charge in [0, 0.05) is 13.5 Å². The first-order valence-corrected chi connectivity index (χ1v) is 11.5. The highest BCUT2D eigenvalue weighted by atomic mass is 28.3. The van der Waals surface area contributed by atoms with Gasteiger partial charge in [0.05, 0.1) is 0 Å². The summed E-state index contributed by atoms with van der Waals surface area (Å²) in [6, 6.07) is 1.37. The van der Waals surface area contributed by atoms with Gasteiger partial charge in [-0.3, -0.25) is 0 Å². The minimum atomic E-state index is -0.997. The van der Waals surface area contributed by atoms with E-state index in [1.807, 2.05) is 0 Å². The summed E-state index contributed by atoms with van der Waals surface area (Å²) >= 11 is 0. The van der Waals surface area contributed by atoms with Crippen molar-refractivity contribution in [3.63, 3.8) is 0 Å². The Labute approximate surface area is 126 Å². The molecule has 0 radical (unpaired) electrons. The molecule has 1 heteroatoms. The zero-order valence-electron chi connectivity index (χ0n) is 14.5. The van der Waals surface area contributed by atoms with E-state index in [-0.39, 0.29) is 5.41 Å². The van der Waals surface area contributed by atoms with Crippen LogP contribution in [0.1, 0.15) is 34.6 Å². The van der Waals surface area contributed by atoms with Crippen LogP contribution in [-0.2, 0) is 0 Å². The largest absolute Gasteiger partial charge is 0.0776 e. The predicted molar refractivity (Wildman–Crippen MR) is 93.7 cm³/mol. The summed E-state index contributed by atoms with van der Waals surface area (Å²) in [4.78, 5) is 0. The second kappa shape index (κ2) is 4.87. The average molecular weight is 287 g/mol. The fourth-order valence-electron chi connectivity index (χ4n) is 3.76. The van der Waals surface area contributed by atoms with Gasteiger partial charge in [0.1, 0.15) is 0 Å². The van der Waals surface area contributed by atoms with E-state index in [1.54, 1.807) is 0 Å². The lowest BCUT2D eigenvalue weighted by Gasteiger charge is -2.30. The molecule has 110 valence electrons. The minimum Gasteiger partial charge on any atom is -0.0776 e. The monoisotopic (exact) mass is 286 g/mol. The zero-order chi connectivity index (χ0) is 15.3. The summed E-state index contributed by atoms with van der Waals surface area (Å²) in [6.07, 6.45) is 7.36. The van der Waals surface area contributed by atoms with Gasteiger partial charge in [0.2, 0.25) is 0 Å². The van der Waals surface area contributed by atoms with Crippen LogP contribution in [0.2, 0.25) is 25.7 Å². The van der Waals surface area contributed by atoms with Gasteiger partial charge in [-0.05, 0) is 63.3 Å². The van der Waals surface area contributed by atoms with E-state index in [2.05, 4.69) is 72.5 Å². The summed E-state index contributed by atoms with van der Waals surface area (Å²) in [7, 11) is -0.997. The Bertz CT molecular complexity index is 523. The molecule has 0 aromatic rings. The molecule has 0 spiro atoms. The van der Waals surface area contributed by atoms with Crippen LogP contribution in [0.5, 0.6) is 0 Å². The quantitative estimate of drug-likeness (QED) is 0.547. The third-order valence-corrected chi connectivity index (χ3v) is 7.23. The van der Waals surface area contributed by atoms with E-state index in [9.17, 15) is 0 Å². The van der Waals surface area contributed by atoms with Crippen molar-refractivity contribution in [2.24, 2.45) is 11.3 Å². The minimum absolute atomic E-state index is 0.138. The Kier molecular flexibility index (Phi) is 3.79. The molecule has 1 atom stereocenters. The van der Waals surface area contributed by atoms with Gasteiger partial charge in [-0.2, -0.15) is 0 Å². The lowest BCUT2D eigenvalue weighted by molar-refractivity contribution is 0.595. The lowest BCUT2D eigenvalue weighted by Crippen LogP contribution is -2.22. The van der Waals surface area contributed by atoms with Crippen LogP contribution in [0.25, 0.3) is 0 Å². The maximum atomic E-state index is 2.54. The molecule has 0 aliphatic heterocycles. The number of hydrogen-bond acceptors (Lipinski definition) is 0. The van der Waals surface area contributed by atoms with Crippen molar-refractivity contribution in [2.75, 3.05) is 0 Å². The van der Waals surface area contributed by atoms with E-state index < -0.39 is 8.07 Å². The predicted octanol–water partition coefficient (Wildman–Crippen LogP) is 6.13. The molecule has 2 rings (SSSR count). The summed E-state index contributed by atoms with van der Waals surface area (Å²) in [5, 5.41) is 0. The molecule has 0 N–H and O–H groups in total. The van der Waals surface area contributed by atoms with Crippen molar-refractivity contribution in [3.8, 4) is 0 Å². The average Bonchev–Trinajstić information content (AvgIpc) is 2.84. The van der Waals surface area contributed by atoms with E-state index in [0.29, 0.717) is 5.92 Å². The number of hydrogen-bond donors (Lipinski definition) is 0. The Balaban J connectivity index is 2.35. The van der Waals surface area contributed by atoms with Crippen molar-refractivity contribution in [1.29, 1.82) is 0 Å². The smallest absolute Gasteiger partial charge is 0.0451 e. The van der Waals surface area contributed by atoms with Gasteiger partial charge >= 0.3 is 0 Å². The Hall–Kier alpha value is -0.823. The molecular formula is C19H30Si. The first kappa shape index (κ1) is 15.6. The number of allylic oxidation sites excluding steroid dienone is 8. The van der Waals surface area contributed by atoms with Crippen LogP contribution in [0, 0.1) is 11.3 Å². The Morgan fingerprint density at radius 2 is 1.50 bits per heavy atom. The second-order valence-corrected chi connectivity index (χ2v) is 13.6. The normalized spacial score (nSPS) is 25.8. The maximum Gasteiger partial charge on any atom is 0.0451 e. The van der Waals surface area contributed by atoms with Crippen LogP contribution >= 0.6 is 0 Å². The highest BCUT2D eigenvalue weighted by molar-refractivity contribution is 6.76. The highest BCUT2D eigenvalue weighted by Crippen LogP contribution is 2.52. The summed E-state index contributed by atoms with van der Waals surface area (Å²) in [5.74, 6) is 0.662. The molecule has 0 saturated carbocycles. The molecule has 0 fully saturated rings. The van der Waals surface area contributed by atoms with Crippen LogP contribution in [0.3, 0.4) is 0 Å². The molecule has 0 heterocycles. The van der Waals surface area contributed by atoms with Crippen molar-refractivity contribution >= 4 is 8.07 Å². The molecule has 1 unspecified atom stereocenters. The first-order valence-electron chi connectivity index (χ1n) is 7.84. The number of rotatable bonds is 3. The summed E-state index contributed by atoms with van der Waals surface area (Å²) < 4.78 is 0.